The minimum Gasteiger partial charge on any atom is -0.491 e. The molecule has 0 aromatic heterocycles. The van der Waals surface area contributed by atoms with Gasteiger partial charge in [0.15, 0.2) is 11.5 Å². The molecule has 6 nitrogen and oxygen atoms in total. The third-order valence-electron chi connectivity index (χ3n) is 5.90. The summed E-state index contributed by atoms with van der Waals surface area (Å²) in [6.07, 6.45) is -0.506. The summed E-state index contributed by atoms with van der Waals surface area (Å²) in [5.41, 5.74) is 2.42. The van der Waals surface area contributed by atoms with Gasteiger partial charge in [0, 0.05) is 39.3 Å². The SMILES string of the molecule is CC(C)(C)c1ccccc1OC[C@H](O)CN1CCN(Cc2ccc3c(c2)OCO3)CC1. The van der Waals surface area contributed by atoms with Crippen LogP contribution in [0.3, 0.4) is 0 Å². The van der Waals surface area contributed by atoms with Gasteiger partial charge in [-0.3, -0.25) is 9.80 Å². The lowest BCUT2D eigenvalue weighted by Gasteiger charge is -2.35. The van der Waals surface area contributed by atoms with E-state index in [9.17, 15) is 5.11 Å². The van der Waals surface area contributed by atoms with Crippen molar-refractivity contribution in [2.75, 3.05) is 46.1 Å². The van der Waals surface area contributed by atoms with E-state index < -0.39 is 6.10 Å². The maximum absolute atomic E-state index is 10.5. The number of nitrogens with zero attached hydrogens (tertiary/aromatic N) is 2. The smallest absolute Gasteiger partial charge is 0.231 e. The minimum absolute atomic E-state index is 0.00978. The molecule has 0 unspecified atom stereocenters. The number of hydrogen-bond donors (Lipinski definition) is 1. The van der Waals surface area contributed by atoms with Crippen molar-refractivity contribution in [1.29, 1.82) is 0 Å². The summed E-state index contributed by atoms with van der Waals surface area (Å²) in [5.74, 6) is 2.53. The van der Waals surface area contributed by atoms with E-state index in [0.29, 0.717) is 19.9 Å². The summed E-state index contributed by atoms with van der Waals surface area (Å²) in [4.78, 5) is 4.76. The molecule has 168 valence electrons. The average molecular weight is 427 g/mol. The van der Waals surface area contributed by atoms with Gasteiger partial charge in [-0.25, -0.2) is 0 Å². The summed E-state index contributed by atoms with van der Waals surface area (Å²) >= 11 is 0. The van der Waals surface area contributed by atoms with Crippen molar-refractivity contribution in [1.82, 2.24) is 9.80 Å². The van der Waals surface area contributed by atoms with Gasteiger partial charge in [-0.1, -0.05) is 45.0 Å². The first-order valence-electron chi connectivity index (χ1n) is 11.1. The summed E-state index contributed by atoms with van der Waals surface area (Å²) in [7, 11) is 0. The van der Waals surface area contributed by atoms with E-state index in [4.69, 9.17) is 14.2 Å². The van der Waals surface area contributed by atoms with E-state index in [-0.39, 0.29) is 5.41 Å². The van der Waals surface area contributed by atoms with Crippen LogP contribution in [0.1, 0.15) is 31.9 Å². The summed E-state index contributed by atoms with van der Waals surface area (Å²) in [6, 6.07) is 14.3. The molecule has 2 aliphatic rings. The Labute approximate surface area is 185 Å². The van der Waals surface area contributed by atoms with E-state index in [1.165, 1.54) is 11.1 Å². The van der Waals surface area contributed by atoms with Crippen molar-refractivity contribution in [3.63, 3.8) is 0 Å². The van der Waals surface area contributed by atoms with Crippen LogP contribution in [-0.2, 0) is 12.0 Å². The Morgan fingerprint density at radius 3 is 2.45 bits per heavy atom. The number of para-hydroxylation sites is 1. The Bertz CT molecular complexity index is 872. The molecule has 2 aliphatic heterocycles. The lowest BCUT2D eigenvalue weighted by molar-refractivity contribution is 0.0442. The Morgan fingerprint density at radius 1 is 0.968 bits per heavy atom. The maximum atomic E-state index is 10.5. The van der Waals surface area contributed by atoms with Gasteiger partial charge in [-0.05, 0) is 34.7 Å². The highest BCUT2D eigenvalue weighted by molar-refractivity contribution is 5.44. The lowest BCUT2D eigenvalue weighted by Crippen LogP contribution is -2.48. The van der Waals surface area contributed by atoms with Crippen molar-refractivity contribution < 1.29 is 19.3 Å². The van der Waals surface area contributed by atoms with Crippen molar-refractivity contribution >= 4 is 0 Å². The number of fused-ring (bicyclic) bond motifs is 1. The fraction of sp³-hybridized carbons (Fsp3) is 0.520. The highest BCUT2D eigenvalue weighted by atomic mass is 16.7. The van der Waals surface area contributed by atoms with E-state index in [1.807, 2.05) is 24.3 Å². The molecule has 0 spiro atoms. The van der Waals surface area contributed by atoms with E-state index in [1.54, 1.807) is 0 Å². The van der Waals surface area contributed by atoms with Crippen LogP contribution in [0.2, 0.25) is 0 Å². The first-order chi connectivity index (χ1) is 14.9. The molecule has 4 rings (SSSR count). The standard InChI is InChI=1S/C25H34N2O4/c1-25(2,3)21-6-4-5-7-22(21)29-17-20(28)16-27-12-10-26(11-13-27)15-19-8-9-23-24(14-19)31-18-30-23/h4-9,14,20,28H,10-13,15-18H2,1-3H3/t20-/m1/s1. The lowest BCUT2D eigenvalue weighted by atomic mass is 9.86. The number of β-amino-alcohol motifs (C(OH)–C–C–N with tert-alkyl or cyclic N) is 1. The fourth-order valence-corrected chi connectivity index (χ4v) is 4.18. The van der Waals surface area contributed by atoms with E-state index in [2.05, 4.69) is 48.8 Å². The number of aliphatic hydroxyl groups is 1. The second-order valence-corrected chi connectivity index (χ2v) is 9.48. The Kier molecular flexibility index (Phi) is 6.70. The quantitative estimate of drug-likeness (QED) is 0.734. The van der Waals surface area contributed by atoms with Crippen LogP contribution in [-0.4, -0.2) is 67.1 Å². The summed E-state index contributed by atoms with van der Waals surface area (Å²) < 4.78 is 16.9. The van der Waals surface area contributed by atoms with Gasteiger partial charge in [0.2, 0.25) is 6.79 Å². The minimum atomic E-state index is -0.506. The Hall–Kier alpha value is -2.28. The topological polar surface area (TPSA) is 54.4 Å². The maximum Gasteiger partial charge on any atom is 0.231 e. The monoisotopic (exact) mass is 426 g/mol. The molecule has 1 fully saturated rings. The Morgan fingerprint density at radius 2 is 1.68 bits per heavy atom. The normalized spacial score (nSPS) is 18.2. The summed E-state index contributed by atoms with van der Waals surface area (Å²) in [6.45, 7) is 12.5. The molecule has 6 heteroatoms. The van der Waals surface area contributed by atoms with Gasteiger partial charge >= 0.3 is 0 Å². The van der Waals surface area contributed by atoms with Gasteiger partial charge < -0.3 is 19.3 Å². The number of hydrogen-bond acceptors (Lipinski definition) is 6. The molecule has 0 aliphatic carbocycles. The van der Waals surface area contributed by atoms with Crippen molar-refractivity contribution in [2.24, 2.45) is 0 Å². The van der Waals surface area contributed by atoms with Crippen LogP contribution in [0.5, 0.6) is 17.2 Å². The predicted octanol–water partition coefficient (Wildman–Crippen LogP) is 3.27. The average Bonchev–Trinajstić information content (AvgIpc) is 3.21. The number of piperazine rings is 1. The first kappa shape index (κ1) is 21.9. The number of aliphatic hydroxyl groups excluding tert-OH is 1. The largest absolute Gasteiger partial charge is 0.491 e. The van der Waals surface area contributed by atoms with Crippen LogP contribution < -0.4 is 14.2 Å². The van der Waals surface area contributed by atoms with Crippen LogP contribution in [0.25, 0.3) is 0 Å². The van der Waals surface area contributed by atoms with Crippen molar-refractivity contribution in [2.45, 2.75) is 38.8 Å². The fourth-order valence-electron chi connectivity index (χ4n) is 4.18. The van der Waals surface area contributed by atoms with Gasteiger partial charge in [-0.2, -0.15) is 0 Å². The molecule has 31 heavy (non-hydrogen) atoms. The van der Waals surface area contributed by atoms with Gasteiger partial charge in [-0.15, -0.1) is 0 Å². The van der Waals surface area contributed by atoms with Gasteiger partial charge in [0.05, 0.1) is 0 Å². The van der Waals surface area contributed by atoms with Crippen LogP contribution in [0.15, 0.2) is 42.5 Å². The molecule has 0 amide bonds. The second kappa shape index (κ2) is 9.47. The van der Waals surface area contributed by atoms with E-state index in [0.717, 1.165) is 50.0 Å². The number of ether oxygens (including phenoxy) is 3. The molecule has 1 atom stereocenters. The van der Waals surface area contributed by atoms with Gasteiger partial charge in [0.1, 0.15) is 18.5 Å². The molecule has 2 heterocycles. The zero-order valence-corrected chi connectivity index (χ0v) is 18.8. The molecule has 0 bridgehead atoms. The molecule has 1 N–H and O–H groups in total. The molecule has 2 aromatic rings. The van der Waals surface area contributed by atoms with E-state index >= 15 is 0 Å². The van der Waals surface area contributed by atoms with Crippen molar-refractivity contribution in [3.8, 4) is 17.2 Å². The molecule has 1 saturated heterocycles. The number of benzene rings is 2. The molecule has 0 radical (unpaired) electrons. The van der Waals surface area contributed by atoms with Gasteiger partial charge in [0.25, 0.3) is 0 Å². The third kappa shape index (κ3) is 5.70. The second-order valence-electron chi connectivity index (χ2n) is 9.48. The van der Waals surface area contributed by atoms with Crippen molar-refractivity contribution in [3.05, 3.63) is 53.6 Å². The zero-order valence-electron chi connectivity index (χ0n) is 18.8. The van der Waals surface area contributed by atoms with Crippen LogP contribution in [0, 0.1) is 0 Å². The third-order valence-corrected chi connectivity index (χ3v) is 5.90. The number of rotatable bonds is 7. The predicted molar refractivity (Wildman–Crippen MR) is 121 cm³/mol. The zero-order chi connectivity index (χ0) is 21.8. The molecule has 0 saturated carbocycles. The highest BCUT2D eigenvalue weighted by Crippen LogP contribution is 2.33. The highest BCUT2D eigenvalue weighted by Gasteiger charge is 2.22. The molecular weight excluding hydrogens is 392 g/mol. The van der Waals surface area contributed by atoms with Crippen LogP contribution in [0.4, 0.5) is 0 Å². The Balaban J connectivity index is 1.21. The first-order valence-corrected chi connectivity index (χ1v) is 11.1. The summed E-state index contributed by atoms with van der Waals surface area (Å²) in [5, 5.41) is 10.5. The molecule has 2 aromatic carbocycles. The van der Waals surface area contributed by atoms with Crippen LogP contribution >= 0.6 is 0 Å². The molecular formula is C25H34N2O4.